The lowest BCUT2D eigenvalue weighted by molar-refractivity contribution is 0.0343. The number of furan rings is 1. The summed E-state index contributed by atoms with van der Waals surface area (Å²) in [6.45, 7) is 6.30. The van der Waals surface area contributed by atoms with Crippen LogP contribution in [0.1, 0.15) is 21.0 Å². The largest absolute Gasteiger partial charge is 0.459 e. The average molecular weight is 306 g/mol. The van der Waals surface area contributed by atoms with Gasteiger partial charge in [0.2, 0.25) is 0 Å². The van der Waals surface area contributed by atoms with Crippen LogP contribution >= 0.6 is 11.3 Å². The first-order valence-corrected chi connectivity index (χ1v) is 7.78. The standard InChI is InChI=1S/C15H18N2O3S/c1-11-9-12(10-17-4-7-19-8-5-17)15(21-11)16-14(18)13-3-2-6-20-13/h2-3,6,9H,4-5,7-8,10H2,1H3,(H,16,18). The highest BCUT2D eigenvalue weighted by molar-refractivity contribution is 7.16. The van der Waals surface area contributed by atoms with Crippen molar-refractivity contribution in [3.8, 4) is 0 Å². The summed E-state index contributed by atoms with van der Waals surface area (Å²) in [7, 11) is 0. The van der Waals surface area contributed by atoms with E-state index in [0.29, 0.717) is 5.76 Å². The van der Waals surface area contributed by atoms with Gasteiger partial charge in [-0.15, -0.1) is 11.3 Å². The Morgan fingerprint density at radius 3 is 2.95 bits per heavy atom. The number of ether oxygens (including phenoxy) is 1. The molecule has 0 atom stereocenters. The molecule has 0 aromatic carbocycles. The normalized spacial score (nSPS) is 16.0. The summed E-state index contributed by atoms with van der Waals surface area (Å²) in [6.07, 6.45) is 1.50. The number of nitrogens with zero attached hydrogens (tertiary/aromatic N) is 1. The van der Waals surface area contributed by atoms with Gasteiger partial charge < -0.3 is 14.5 Å². The second-order valence-electron chi connectivity index (χ2n) is 5.03. The fourth-order valence-electron chi connectivity index (χ4n) is 2.36. The van der Waals surface area contributed by atoms with Crippen LogP contribution in [-0.4, -0.2) is 37.1 Å². The molecule has 2 aromatic rings. The number of amides is 1. The maximum atomic E-state index is 12.1. The number of anilines is 1. The van der Waals surface area contributed by atoms with Crippen molar-refractivity contribution >= 4 is 22.2 Å². The van der Waals surface area contributed by atoms with Gasteiger partial charge in [0, 0.05) is 30.1 Å². The van der Waals surface area contributed by atoms with Crippen LogP contribution in [0.4, 0.5) is 5.00 Å². The minimum Gasteiger partial charge on any atom is -0.459 e. The van der Waals surface area contributed by atoms with E-state index in [1.165, 1.54) is 11.1 Å². The Balaban J connectivity index is 1.71. The molecule has 2 aromatic heterocycles. The van der Waals surface area contributed by atoms with E-state index in [1.54, 1.807) is 23.5 Å². The lowest BCUT2D eigenvalue weighted by atomic mass is 10.2. The van der Waals surface area contributed by atoms with Gasteiger partial charge in [-0.05, 0) is 25.1 Å². The Morgan fingerprint density at radius 2 is 2.24 bits per heavy atom. The minimum absolute atomic E-state index is 0.204. The zero-order valence-corrected chi connectivity index (χ0v) is 12.7. The predicted octanol–water partition coefficient (Wildman–Crippen LogP) is 2.73. The Kier molecular flexibility index (Phi) is 4.38. The number of aryl methyl sites for hydroxylation is 1. The second-order valence-corrected chi connectivity index (χ2v) is 6.29. The number of thiophene rings is 1. The lowest BCUT2D eigenvalue weighted by Crippen LogP contribution is -2.35. The zero-order chi connectivity index (χ0) is 14.7. The van der Waals surface area contributed by atoms with Crippen molar-refractivity contribution in [2.24, 2.45) is 0 Å². The number of nitrogens with one attached hydrogen (secondary N) is 1. The number of carbonyl (C=O) groups is 1. The van der Waals surface area contributed by atoms with Gasteiger partial charge in [0.15, 0.2) is 5.76 Å². The van der Waals surface area contributed by atoms with Crippen molar-refractivity contribution in [1.82, 2.24) is 4.90 Å². The molecule has 0 radical (unpaired) electrons. The minimum atomic E-state index is -0.204. The van der Waals surface area contributed by atoms with Gasteiger partial charge >= 0.3 is 0 Å². The maximum Gasteiger partial charge on any atom is 0.291 e. The molecule has 1 fully saturated rings. The van der Waals surface area contributed by atoms with E-state index in [4.69, 9.17) is 9.15 Å². The quantitative estimate of drug-likeness (QED) is 0.943. The van der Waals surface area contributed by atoms with Crippen LogP contribution in [0.15, 0.2) is 28.9 Å². The molecular weight excluding hydrogens is 288 g/mol. The van der Waals surface area contributed by atoms with Gasteiger partial charge in [-0.1, -0.05) is 0 Å². The molecule has 0 bridgehead atoms. The predicted molar refractivity (Wildman–Crippen MR) is 81.8 cm³/mol. The molecule has 1 aliphatic heterocycles. The number of rotatable bonds is 4. The average Bonchev–Trinajstić information content (AvgIpc) is 3.11. The van der Waals surface area contributed by atoms with E-state index in [0.717, 1.165) is 43.4 Å². The zero-order valence-electron chi connectivity index (χ0n) is 11.9. The van der Waals surface area contributed by atoms with Crippen LogP contribution in [0.25, 0.3) is 0 Å². The molecule has 3 heterocycles. The topological polar surface area (TPSA) is 54.7 Å². The summed E-state index contributed by atoms with van der Waals surface area (Å²) in [6, 6.07) is 5.51. The van der Waals surface area contributed by atoms with Crippen LogP contribution < -0.4 is 5.32 Å². The van der Waals surface area contributed by atoms with E-state index < -0.39 is 0 Å². The Labute approximate surface area is 127 Å². The highest BCUT2D eigenvalue weighted by atomic mass is 32.1. The number of carbonyl (C=O) groups excluding carboxylic acids is 1. The third kappa shape index (κ3) is 3.53. The molecule has 112 valence electrons. The summed E-state index contributed by atoms with van der Waals surface area (Å²) in [5, 5.41) is 3.85. The van der Waals surface area contributed by atoms with E-state index in [1.807, 2.05) is 0 Å². The number of hydrogen-bond donors (Lipinski definition) is 1. The second kappa shape index (κ2) is 6.43. The molecule has 1 amide bonds. The van der Waals surface area contributed by atoms with Gasteiger partial charge in [-0.2, -0.15) is 0 Å². The van der Waals surface area contributed by atoms with Gasteiger partial charge in [0.05, 0.1) is 19.5 Å². The Bertz CT molecular complexity index is 600. The smallest absolute Gasteiger partial charge is 0.291 e. The SMILES string of the molecule is Cc1cc(CN2CCOCC2)c(NC(=O)c2ccco2)s1. The summed E-state index contributed by atoms with van der Waals surface area (Å²) < 4.78 is 10.5. The molecule has 6 heteroatoms. The highest BCUT2D eigenvalue weighted by Gasteiger charge is 2.17. The first-order valence-electron chi connectivity index (χ1n) is 6.96. The van der Waals surface area contributed by atoms with Crippen molar-refractivity contribution in [3.63, 3.8) is 0 Å². The molecule has 0 unspecified atom stereocenters. The molecule has 3 rings (SSSR count). The van der Waals surface area contributed by atoms with Crippen molar-refractivity contribution in [2.75, 3.05) is 31.6 Å². The highest BCUT2D eigenvalue weighted by Crippen LogP contribution is 2.29. The fourth-order valence-corrected chi connectivity index (χ4v) is 3.28. The molecule has 1 aliphatic rings. The lowest BCUT2D eigenvalue weighted by Gasteiger charge is -2.26. The first kappa shape index (κ1) is 14.3. The summed E-state index contributed by atoms with van der Waals surface area (Å²) in [5.74, 6) is 0.128. The van der Waals surface area contributed by atoms with E-state index >= 15 is 0 Å². The number of hydrogen-bond acceptors (Lipinski definition) is 5. The van der Waals surface area contributed by atoms with Gasteiger partial charge in [-0.25, -0.2) is 0 Å². The Hall–Kier alpha value is -1.63. The van der Waals surface area contributed by atoms with Gasteiger partial charge in [0.25, 0.3) is 5.91 Å². The number of morpholine rings is 1. The van der Waals surface area contributed by atoms with Crippen molar-refractivity contribution in [3.05, 3.63) is 40.7 Å². The van der Waals surface area contributed by atoms with Crippen LogP contribution in [0.5, 0.6) is 0 Å². The first-order chi connectivity index (χ1) is 10.2. The molecule has 0 spiro atoms. The van der Waals surface area contributed by atoms with E-state index in [9.17, 15) is 4.79 Å². The molecule has 0 aliphatic carbocycles. The molecule has 21 heavy (non-hydrogen) atoms. The van der Waals surface area contributed by atoms with E-state index in [2.05, 4.69) is 23.2 Å². The summed E-state index contributed by atoms with van der Waals surface area (Å²) in [4.78, 5) is 15.6. The van der Waals surface area contributed by atoms with Crippen LogP contribution in [-0.2, 0) is 11.3 Å². The summed E-state index contributed by atoms with van der Waals surface area (Å²) >= 11 is 1.60. The van der Waals surface area contributed by atoms with Gasteiger partial charge in [-0.3, -0.25) is 9.69 Å². The molecular formula is C15H18N2O3S. The molecule has 1 N–H and O–H groups in total. The summed E-state index contributed by atoms with van der Waals surface area (Å²) in [5.41, 5.74) is 1.15. The van der Waals surface area contributed by atoms with Gasteiger partial charge in [0.1, 0.15) is 5.00 Å². The van der Waals surface area contributed by atoms with Crippen LogP contribution in [0, 0.1) is 6.92 Å². The van der Waals surface area contributed by atoms with Crippen molar-refractivity contribution in [1.29, 1.82) is 0 Å². The van der Waals surface area contributed by atoms with Crippen LogP contribution in [0.2, 0.25) is 0 Å². The monoisotopic (exact) mass is 306 g/mol. The third-order valence-corrected chi connectivity index (χ3v) is 4.41. The van der Waals surface area contributed by atoms with E-state index in [-0.39, 0.29) is 5.91 Å². The van der Waals surface area contributed by atoms with Crippen molar-refractivity contribution < 1.29 is 13.9 Å². The van der Waals surface area contributed by atoms with Crippen molar-refractivity contribution in [2.45, 2.75) is 13.5 Å². The molecule has 1 saturated heterocycles. The molecule has 0 saturated carbocycles. The fraction of sp³-hybridized carbons (Fsp3) is 0.400. The maximum absolute atomic E-state index is 12.1. The molecule has 5 nitrogen and oxygen atoms in total. The third-order valence-electron chi connectivity index (χ3n) is 3.40. The van der Waals surface area contributed by atoms with Crippen LogP contribution in [0.3, 0.4) is 0 Å². The Morgan fingerprint density at radius 1 is 1.43 bits per heavy atom.